The summed E-state index contributed by atoms with van der Waals surface area (Å²) in [6.07, 6.45) is 4.51. The van der Waals surface area contributed by atoms with Gasteiger partial charge in [0.1, 0.15) is 4.90 Å². The number of aromatic amines is 1. The Morgan fingerprint density at radius 2 is 1.80 bits per heavy atom. The molecule has 0 amide bonds. The Labute approximate surface area is 149 Å². The lowest BCUT2D eigenvalue weighted by Gasteiger charge is -2.28. The van der Waals surface area contributed by atoms with Crippen molar-refractivity contribution in [2.24, 2.45) is 0 Å². The summed E-state index contributed by atoms with van der Waals surface area (Å²) in [6, 6.07) is 8.46. The third-order valence-electron chi connectivity index (χ3n) is 4.69. The second kappa shape index (κ2) is 7.58. The molecule has 0 aliphatic carbocycles. The van der Waals surface area contributed by atoms with Crippen LogP contribution in [0.1, 0.15) is 36.2 Å². The van der Waals surface area contributed by atoms with Gasteiger partial charge in [0.25, 0.3) is 0 Å². The Morgan fingerprint density at radius 1 is 1.12 bits per heavy atom. The number of anilines is 1. The lowest BCUT2D eigenvalue weighted by molar-refractivity contribution is 0.577. The molecule has 6 nitrogen and oxygen atoms in total. The molecule has 0 saturated carbocycles. The number of rotatable bonds is 6. The average Bonchev–Trinajstić information content (AvgIpc) is 2.95. The molecular weight excluding hydrogens is 336 g/mol. The highest BCUT2D eigenvalue weighted by Crippen LogP contribution is 2.20. The Balaban J connectivity index is 1.57. The second-order valence-electron chi connectivity index (χ2n) is 6.63. The molecule has 0 unspecified atom stereocenters. The van der Waals surface area contributed by atoms with Crippen LogP contribution in [0.4, 0.5) is 5.69 Å². The van der Waals surface area contributed by atoms with E-state index in [-0.39, 0.29) is 4.90 Å². The lowest BCUT2D eigenvalue weighted by atomic mass is 10.1. The van der Waals surface area contributed by atoms with Crippen LogP contribution >= 0.6 is 0 Å². The van der Waals surface area contributed by atoms with Crippen LogP contribution in [0.3, 0.4) is 0 Å². The Hall–Kier alpha value is -1.86. The van der Waals surface area contributed by atoms with E-state index < -0.39 is 10.0 Å². The predicted molar refractivity (Wildman–Crippen MR) is 99.5 cm³/mol. The standard InChI is InChI=1S/C18H26N4O2S/c1-14-18(15(2)21-20-14)25(23,24)19-11-10-16-6-8-17(9-7-16)22-12-4-3-5-13-22/h6-9,19H,3-5,10-13H2,1-2H3,(H,20,21). The van der Waals surface area contributed by atoms with Gasteiger partial charge >= 0.3 is 0 Å². The number of nitrogens with zero attached hydrogens (tertiary/aromatic N) is 2. The summed E-state index contributed by atoms with van der Waals surface area (Å²) >= 11 is 0. The van der Waals surface area contributed by atoms with Crippen LogP contribution in [0.15, 0.2) is 29.2 Å². The fourth-order valence-corrected chi connectivity index (χ4v) is 4.76. The molecule has 0 bridgehead atoms. The number of aromatic nitrogens is 2. The highest BCUT2D eigenvalue weighted by Gasteiger charge is 2.21. The SMILES string of the molecule is Cc1n[nH]c(C)c1S(=O)(=O)NCCc1ccc(N2CCCCC2)cc1. The third-order valence-corrected chi connectivity index (χ3v) is 6.42. The highest BCUT2D eigenvalue weighted by atomic mass is 32.2. The minimum atomic E-state index is -3.53. The van der Waals surface area contributed by atoms with Crippen molar-refractivity contribution in [3.63, 3.8) is 0 Å². The molecule has 25 heavy (non-hydrogen) atoms. The van der Waals surface area contributed by atoms with Gasteiger partial charge in [0.15, 0.2) is 0 Å². The first-order valence-corrected chi connectivity index (χ1v) is 10.3. The number of hydrogen-bond donors (Lipinski definition) is 2. The molecule has 0 radical (unpaired) electrons. The van der Waals surface area contributed by atoms with E-state index >= 15 is 0 Å². The summed E-state index contributed by atoms with van der Waals surface area (Å²) in [4.78, 5) is 2.67. The zero-order valence-corrected chi connectivity index (χ0v) is 15.7. The van der Waals surface area contributed by atoms with Gasteiger partial charge in [-0.05, 0) is 57.2 Å². The quantitative estimate of drug-likeness (QED) is 0.828. The van der Waals surface area contributed by atoms with Gasteiger partial charge in [-0.15, -0.1) is 0 Å². The van der Waals surface area contributed by atoms with Crippen LogP contribution < -0.4 is 9.62 Å². The summed E-state index contributed by atoms with van der Waals surface area (Å²) < 4.78 is 27.5. The van der Waals surface area contributed by atoms with Crippen molar-refractivity contribution >= 4 is 15.7 Å². The van der Waals surface area contributed by atoms with Gasteiger partial charge in [0, 0.05) is 25.3 Å². The van der Waals surface area contributed by atoms with E-state index in [2.05, 4.69) is 44.1 Å². The first-order chi connectivity index (χ1) is 12.0. The van der Waals surface area contributed by atoms with Crippen LogP contribution in [0.2, 0.25) is 0 Å². The molecule has 0 atom stereocenters. The van der Waals surface area contributed by atoms with Crippen LogP contribution in [-0.2, 0) is 16.4 Å². The van der Waals surface area contributed by atoms with Gasteiger partial charge in [0.05, 0.1) is 11.4 Å². The molecule has 136 valence electrons. The minimum Gasteiger partial charge on any atom is -0.372 e. The largest absolute Gasteiger partial charge is 0.372 e. The topological polar surface area (TPSA) is 78.1 Å². The minimum absolute atomic E-state index is 0.257. The molecule has 1 aromatic heterocycles. The maximum absolute atomic E-state index is 12.4. The van der Waals surface area contributed by atoms with Crippen molar-refractivity contribution in [3.05, 3.63) is 41.2 Å². The first kappa shape index (κ1) is 17.9. The Kier molecular flexibility index (Phi) is 5.44. The third kappa shape index (κ3) is 4.22. The summed E-state index contributed by atoms with van der Waals surface area (Å²) in [7, 11) is -3.53. The van der Waals surface area contributed by atoms with Gasteiger partial charge < -0.3 is 4.90 Å². The van der Waals surface area contributed by atoms with Gasteiger partial charge in [0.2, 0.25) is 10.0 Å². The van der Waals surface area contributed by atoms with Crippen LogP contribution in [0, 0.1) is 13.8 Å². The molecule has 1 aliphatic rings. The fourth-order valence-electron chi connectivity index (χ4n) is 3.36. The number of nitrogens with one attached hydrogen (secondary N) is 2. The van der Waals surface area contributed by atoms with Crippen molar-refractivity contribution < 1.29 is 8.42 Å². The fraction of sp³-hybridized carbons (Fsp3) is 0.500. The van der Waals surface area contributed by atoms with Gasteiger partial charge in [-0.1, -0.05) is 12.1 Å². The first-order valence-electron chi connectivity index (χ1n) is 8.82. The van der Waals surface area contributed by atoms with E-state index in [4.69, 9.17) is 0 Å². The zero-order chi connectivity index (χ0) is 17.9. The summed E-state index contributed by atoms with van der Waals surface area (Å²) in [6.45, 7) is 6.03. The average molecular weight is 362 g/mol. The maximum Gasteiger partial charge on any atom is 0.244 e. The molecule has 1 aliphatic heterocycles. The molecule has 1 aromatic carbocycles. The summed E-state index contributed by atoms with van der Waals surface area (Å²) in [5.74, 6) is 0. The van der Waals surface area contributed by atoms with Gasteiger partial charge in [-0.2, -0.15) is 5.10 Å². The van der Waals surface area contributed by atoms with Crippen LogP contribution in [0.5, 0.6) is 0 Å². The number of hydrogen-bond acceptors (Lipinski definition) is 4. The predicted octanol–water partition coefficient (Wildman–Crippen LogP) is 2.54. The monoisotopic (exact) mass is 362 g/mol. The molecule has 2 N–H and O–H groups in total. The number of benzene rings is 1. The lowest BCUT2D eigenvalue weighted by Crippen LogP contribution is -2.29. The number of H-pyrrole nitrogens is 1. The summed E-state index contributed by atoms with van der Waals surface area (Å²) in [5, 5.41) is 6.67. The molecule has 0 spiro atoms. The normalized spacial score (nSPS) is 15.5. The zero-order valence-electron chi connectivity index (χ0n) is 14.9. The number of aryl methyl sites for hydroxylation is 2. The Morgan fingerprint density at radius 3 is 2.40 bits per heavy atom. The van der Waals surface area contributed by atoms with Crippen molar-refractivity contribution in [2.75, 3.05) is 24.5 Å². The van der Waals surface area contributed by atoms with Crippen LogP contribution in [-0.4, -0.2) is 38.2 Å². The van der Waals surface area contributed by atoms with Crippen LogP contribution in [0.25, 0.3) is 0 Å². The summed E-state index contributed by atoms with van der Waals surface area (Å²) in [5.41, 5.74) is 3.45. The Bertz CT molecular complexity index is 787. The van der Waals surface area contributed by atoms with E-state index in [0.717, 1.165) is 18.7 Å². The second-order valence-corrected chi connectivity index (χ2v) is 8.33. The molecule has 1 saturated heterocycles. The highest BCUT2D eigenvalue weighted by molar-refractivity contribution is 7.89. The molecular formula is C18H26N4O2S. The molecule has 7 heteroatoms. The van der Waals surface area contributed by atoms with Crippen molar-refractivity contribution in [3.8, 4) is 0 Å². The molecule has 1 fully saturated rings. The van der Waals surface area contributed by atoms with E-state index in [9.17, 15) is 8.42 Å². The maximum atomic E-state index is 12.4. The molecule has 3 rings (SSSR count). The van der Waals surface area contributed by atoms with Crippen molar-refractivity contribution in [1.82, 2.24) is 14.9 Å². The molecule has 2 heterocycles. The number of sulfonamides is 1. The van der Waals surface area contributed by atoms with E-state index in [1.807, 2.05) is 0 Å². The van der Waals surface area contributed by atoms with Crippen molar-refractivity contribution in [2.45, 2.75) is 44.4 Å². The van der Waals surface area contributed by atoms with Gasteiger partial charge in [-0.25, -0.2) is 13.1 Å². The van der Waals surface area contributed by atoms with E-state index in [0.29, 0.717) is 24.4 Å². The van der Waals surface area contributed by atoms with Crippen molar-refractivity contribution in [1.29, 1.82) is 0 Å². The molecule has 2 aromatic rings. The van der Waals surface area contributed by atoms with Gasteiger partial charge in [-0.3, -0.25) is 5.10 Å². The van der Waals surface area contributed by atoms with E-state index in [1.165, 1.54) is 24.9 Å². The number of piperidine rings is 1. The van der Waals surface area contributed by atoms with E-state index in [1.54, 1.807) is 13.8 Å². The smallest absolute Gasteiger partial charge is 0.244 e.